The summed E-state index contributed by atoms with van der Waals surface area (Å²) in [6, 6.07) is 12.9. The molecule has 2 fully saturated rings. The van der Waals surface area contributed by atoms with Crippen LogP contribution in [-0.2, 0) is 10.3 Å². The Hall–Kier alpha value is -3.61. The molecular weight excluding hydrogens is 404 g/mol. The van der Waals surface area contributed by atoms with Gasteiger partial charge in [-0.25, -0.2) is 4.79 Å². The van der Waals surface area contributed by atoms with E-state index in [9.17, 15) is 14.4 Å². The third kappa shape index (κ3) is 3.34. The molecule has 3 heterocycles. The number of H-pyrrole nitrogens is 1. The summed E-state index contributed by atoms with van der Waals surface area (Å²) in [5, 5.41) is 6.17. The minimum absolute atomic E-state index is 0.00499. The molecule has 3 aromatic rings. The number of imide groups is 1. The molecule has 0 bridgehead atoms. The topological polar surface area (TPSA) is 94.3 Å². The Balaban J connectivity index is 1.26. The molecule has 164 valence electrons. The summed E-state index contributed by atoms with van der Waals surface area (Å²) in [7, 11) is 0. The molecule has 1 aromatic heterocycles. The number of amides is 4. The number of hydrogen-bond donors (Lipinski definition) is 3. The van der Waals surface area contributed by atoms with Crippen molar-refractivity contribution in [3.63, 3.8) is 0 Å². The third-order valence-corrected chi connectivity index (χ3v) is 6.85. The van der Waals surface area contributed by atoms with Crippen molar-refractivity contribution in [1.29, 1.82) is 0 Å². The van der Waals surface area contributed by atoms with Crippen LogP contribution in [0.1, 0.15) is 52.7 Å². The van der Waals surface area contributed by atoms with Gasteiger partial charge in [-0.3, -0.25) is 14.9 Å². The fraction of sp³-hybridized carbons (Fsp3) is 0.320. The van der Waals surface area contributed by atoms with Crippen molar-refractivity contribution >= 4 is 28.7 Å². The first-order chi connectivity index (χ1) is 15.3. The van der Waals surface area contributed by atoms with Gasteiger partial charge < -0.3 is 15.2 Å². The van der Waals surface area contributed by atoms with Crippen LogP contribution < -0.4 is 10.6 Å². The highest BCUT2D eigenvalue weighted by Gasteiger charge is 2.43. The van der Waals surface area contributed by atoms with Crippen molar-refractivity contribution in [2.45, 2.75) is 38.1 Å². The van der Waals surface area contributed by atoms with Crippen LogP contribution in [0, 0.1) is 6.92 Å². The van der Waals surface area contributed by atoms with Crippen molar-refractivity contribution in [2.24, 2.45) is 0 Å². The standard InChI is InChI=1S/C25H26N4O3/c1-15-3-8-19-20(14-26-21(19)13-15)16-9-11-29(12-10-16)22(30)17-4-6-18(7-5-17)25(2)23(31)27-24(32)28-25/h3-8,13-14,16,26H,9-12H2,1-2H3,(H2,27,28,31,32)/t25-/m1/s1. The van der Waals surface area contributed by atoms with Crippen LogP contribution in [0.25, 0.3) is 10.9 Å². The molecule has 3 N–H and O–H groups in total. The zero-order valence-corrected chi connectivity index (χ0v) is 18.2. The second-order valence-electron chi connectivity index (χ2n) is 8.97. The van der Waals surface area contributed by atoms with Gasteiger partial charge in [-0.05, 0) is 67.5 Å². The van der Waals surface area contributed by atoms with Gasteiger partial charge in [-0.1, -0.05) is 24.3 Å². The summed E-state index contributed by atoms with van der Waals surface area (Å²) >= 11 is 0. The second-order valence-corrected chi connectivity index (χ2v) is 8.97. The third-order valence-electron chi connectivity index (χ3n) is 6.85. The number of piperidine rings is 1. The molecule has 0 saturated carbocycles. The molecule has 1 atom stereocenters. The van der Waals surface area contributed by atoms with Gasteiger partial charge in [0.1, 0.15) is 5.54 Å². The number of aromatic amines is 1. The molecular formula is C25H26N4O3. The largest absolute Gasteiger partial charge is 0.361 e. The van der Waals surface area contributed by atoms with Crippen LogP contribution in [0.4, 0.5) is 4.79 Å². The number of aryl methyl sites for hydroxylation is 1. The lowest BCUT2D eigenvalue weighted by Gasteiger charge is -2.32. The number of nitrogens with zero attached hydrogens (tertiary/aromatic N) is 1. The number of carbonyl (C=O) groups is 3. The van der Waals surface area contributed by atoms with Gasteiger partial charge in [0.2, 0.25) is 0 Å². The van der Waals surface area contributed by atoms with Gasteiger partial charge in [-0.2, -0.15) is 0 Å². The number of aromatic nitrogens is 1. The average molecular weight is 431 g/mol. The highest BCUT2D eigenvalue weighted by molar-refractivity contribution is 6.07. The van der Waals surface area contributed by atoms with Crippen LogP contribution in [0.2, 0.25) is 0 Å². The van der Waals surface area contributed by atoms with E-state index in [1.165, 1.54) is 22.0 Å². The van der Waals surface area contributed by atoms with Gasteiger partial charge >= 0.3 is 6.03 Å². The molecule has 2 aliphatic heterocycles. The molecule has 2 aliphatic rings. The minimum Gasteiger partial charge on any atom is -0.361 e. The van der Waals surface area contributed by atoms with E-state index in [4.69, 9.17) is 0 Å². The van der Waals surface area contributed by atoms with Gasteiger partial charge in [0.25, 0.3) is 11.8 Å². The molecule has 2 aromatic carbocycles. The number of rotatable bonds is 3. The lowest BCUT2D eigenvalue weighted by Crippen LogP contribution is -2.40. The van der Waals surface area contributed by atoms with E-state index in [-0.39, 0.29) is 5.91 Å². The normalized spacial score (nSPS) is 21.6. The number of nitrogens with one attached hydrogen (secondary N) is 3. The van der Waals surface area contributed by atoms with E-state index < -0.39 is 17.5 Å². The molecule has 0 unspecified atom stereocenters. The Morgan fingerprint density at radius 3 is 2.44 bits per heavy atom. The monoisotopic (exact) mass is 430 g/mol. The van der Waals surface area contributed by atoms with Gasteiger partial charge in [0.05, 0.1) is 0 Å². The number of urea groups is 1. The van der Waals surface area contributed by atoms with E-state index in [2.05, 4.69) is 46.9 Å². The first-order valence-electron chi connectivity index (χ1n) is 11.0. The van der Waals surface area contributed by atoms with Crippen molar-refractivity contribution in [3.8, 4) is 0 Å². The lowest BCUT2D eigenvalue weighted by molar-refractivity contribution is -0.123. The Morgan fingerprint density at radius 1 is 1.06 bits per heavy atom. The maximum atomic E-state index is 13.0. The van der Waals surface area contributed by atoms with Gasteiger partial charge in [0, 0.05) is 35.8 Å². The number of carbonyl (C=O) groups excluding carboxylic acids is 3. The minimum atomic E-state index is -1.12. The van der Waals surface area contributed by atoms with Crippen molar-refractivity contribution in [3.05, 3.63) is 70.9 Å². The number of hydrogen-bond acceptors (Lipinski definition) is 3. The molecule has 4 amide bonds. The summed E-state index contributed by atoms with van der Waals surface area (Å²) in [6.45, 7) is 5.16. The fourth-order valence-corrected chi connectivity index (χ4v) is 4.87. The van der Waals surface area contributed by atoms with E-state index in [0.717, 1.165) is 12.8 Å². The van der Waals surface area contributed by atoms with Crippen molar-refractivity contribution in [2.75, 3.05) is 13.1 Å². The summed E-state index contributed by atoms with van der Waals surface area (Å²) in [5.74, 6) is 0.0352. The zero-order chi connectivity index (χ0) is 22.5. The molecule has 7 heteroatoms. The highest BCUT2D eigenvalue weighted by Crippen LogP contribution is 2.34. The van der Waals surface area contributed by atoms with E-state index in [1.807, 2.05) is 4.90 Å². The van der Waals surface area contributed by atoms with Crippen LogP contribution in [0.3, 0.4) is 0 Å². The van der Waals surface area contributed by atoms with Gasteiger partial charge in [-0.15, -0.1) is 0 Å². The van der Waals surface area contributed by atoms with Crippen LogP contribution in [0.5, 0.6) is 0 Å². The highest BCUT2D eigenvalue weighted by atomic mass is 16.2. The predicted molar refractivity (Wildman–Crippen MR) is 121 cm³/mol. The Bertz CT molecular complexity index is 1220. The van der Waals surface area contributed by atoms with Crippen molar-refractivity contribution < 1.29 is 14.4 Å². The zero-order valence-electron chi connectivity index (χ0n) is 18.2. The Labute approximate surface area is 186 Å². The molecule has 5 rings (SSSR count). The van der Waals surface area contributed by atoms with Crippen LogP contribution in [-0.4, -0.2) is 40.8 Å². The maximum absolute atomic E-state index is 13.0. The maximum Gasteiger partial charge on any atom is 0.322 e. The van der Waals surface area contributed by atoms with Gasteiger partial charge in [0.15, 0.2) is 0 Å². The first kappa shape index (κ1) is 20.3. The molecule has 0 spiro atoms. The number of fused-ring (bicyclic) bond motifs is 1. The summed E-state index contributed by atoms with van der Waals surface area (Å²) in [4.78, 5) is 42.0. The van der Waals surface area contributed by atoms with E-state index >= 15 is 0 Å². The molecule has 32 heavy (non-hydrogen) atoms. The van der Waals surface area contributed by atoms with Crippen LogP contribution >= 0.6 is 0 Å². The summed E-state index contributed by atoms with van der Waals surface area (Å²) < 4.78 is 0. The lowest BCUT2D eigenvalue weighted by atomic mass is 9.88. The quantitative estimate of drug-likeness (QED) is 0.555. The summed E-state index contributed by atoms with van der Waals surface area (Å²) in [6.07, 6.45) is 3.97. The second kappa shape index (κ2) is 7.51. The number of likely N-dealkylation sites (tertiary alicyclic amines) is 1. The molecule has 7 nitrogen and oxygen atoms in total. The Kier molecular flexibility index (Phi) is 4.77. The molecule has 0 radical (unpaired) electrons. The SMILES string of the molecule is Cc1ccc2c(C3CCN(C(=O)c4ccc([C@@]5(C)NC(=O)NC5=O)cc4)CC3)c[nH]c2c1. The Morgan fingerprint density at radius 2 is 1.78 bits per heavy atom. The number of benzene rings is 2. The first-order valence-corrected chi connectivity index (χ1v) is 11.0. The van der Waals surface area contributed by atoms with Crippen LogP contribution in [0.15, 0.2) is 48.7 Å². The van der Waals surface area contributed by atoms with E-state index in [0.29, 0.717) is 30.1 Å². The molecule has 0 aliphatic carbocycles. The average Bonchev–Trinajstić information content (AvgIpc) is 3.33. The predicted octanol–water partition coefficient (Wildman–Crippen LogP) is 3.55. The smallest absolute Gasteiger partial charge is 0.322 e. The van der Waals surface area contributed by atoms with Crippen molar-refractivity contribution in [1.82, 2.24) is 20.5 Å². The fourth-order valence-electron chi connectivity index (χ4n) is 4.87. The summed E-state index contributed by atoms with van der Waals surface area (Å²) in [5.41, 5.74) is 3.85. The van der Waals surface area contributed by atoms with E-state index in [1.54, 1.807) is 31.2 Å². The molecule has 2 saturated heterocycles.